The molecule has 3 N–H and O–H groups in total. The van der Waals surface area contributed by atoms with Gasteiger partial charge in [0.15, 0.2) is 0 Å². The van der Waals surface area contributed by atoms with Gasteiger partial charge in [0.2, 0.25) is 0 Å². The molecule has 4 heteroatoms. The number of hydrogen-bond donors (Lipinski definition) is 2. The number of nitrogen functional groups attached to an aromatic ring is 1. The quantitative estimate of drug-likeness (QED) is 0.585. The molecule has 0 radical (unpaired) electrons. The third kappa shape index (κ3) is 2.32. The van der Waals surface area contributed by atoms with Gasteiger partial charge in [0.25, 0.3) is 0 Å². The molecule has 1 fully saturated rings. The summed E-state index contributed by atoms with van der Waals surface area (Å²) in [6.45, 7) is 4.50. The van der Waals surface area contributed by atoms with Crippen molar-refractivity contribution in [1.29, 1.82) is 5.41 Å². The highest BCUT2D eigenvalue weighted by molar-refractivity contribution is 5.93. The molecule has 1 aromatic heterocycles. The largest absolute Gasteiger partial charge is 0.382 e. The summed E-state index contributed by atoms with van der Waals surface area (Å²) < 4.78 is 0. The third-order valence-corrected chi connectivity index (χ3v) is 3.17. The van der Waals surface area contributed by atoms with E-state index in [1.54, 1.807) is 0 Å². The zero-order valence-electron chi connectivity index (χ0n) is 9.61. The highest BCUT2D eigenvalue weighted by Crippen LogP contribution is 2.22. The van der Waals surface area contributed by atoms with Crippen LogP contribution in [0.25, 0.3) is 0 Å². The van der Waals surface area contributed by atoms with Gasteiger partial charge in [-0.25, -0.2) is 0 Å². The van der Waals surface area contributed by atoms with E-state index < -0.39 is 0 Å². The van der Waals surface area contributed by atoms with Crippen LogP contribution in [0.3, 0.4) is 0 Å². The first-order valence-corrected chi connectivity index (χ1v) is 5.72. The standard InChI is InChI=1S/C12H18N4/c1-9-4-6-16(7-5-9)10-2-3-11(12(13)14)15-8-10/h2-3,8-9H,4-7H2,1H3,(H3,13,14). The number of nitrogens with zero attached hydrogens (tertiary/aromatic N) is 2. The molecule has 0 spiro atoms. The molecule has 4 nitrogen and oxygen atoms in total. The first kappa shape index (κ1) is 10.9. The van der Waals surface area contributed by atoms with Crippen LogP contribution in [-0.4, -0.2) is 23.9 Å². The minimum atomic E-state index is 0.0267. The van der Waals surface area contributed by atoms with Gasteiger partial charge in [0, 0.05) is 13.1 Å². The van der Waals surface area contributed by atoms with Crippen molar-refractivity contribution in [3.05, 3.63) is 24.0 Å². The Morgan fingerprint density at radius 2 is 2.12 bits per heavy atom. The summed E-state index contributed by atoms with van der Waals surface area (Å²) >= 11 is 0. The fraction of sp³-hybridized carbons (Fsp3) is 0.500. The molecule has 1 aromatic rings. The zero-order valence-corrected chi connectivity index (χ0v) is 9.61. The molecule has 0 bridgehead atoms. The molecule has 86 valence electrons. The number of anilines is 1. The number of nitrogens with one attached hydrogen (secondary N) is 1. The van der Waals surface area contributed by atoms with Crippen LogP contribution in [-0.2, 0) is 0 Å². The molecule has 0 atom stereocenters. The molecular weight excluding hydrogens is 200 g/mol. The van der Waals surface area contributed by atoms with Crippen molar-refractivity contribution in [2.45, 2.75) is 19.8 Å². The Morgan fingerprint density at radius 1 is 1.44 bits per heavy atom. The van der Waals surface area contributed by atoms with E-state index >= 15 is 0 Å². The van der Waals surface area contributed by atoms with Crippen molar-refractivity contribution in [2.75, 3.05) is 18.0 Å². The van der Waals surface area contributed by atoms with Gasteiger partial charge in [-0.3, -0.25) is 10.4 Å². The lowest BCUT2D eigenvalue weighted by Crippen LogP contribution is -2.32. The van der Waals surface area contributed by atoms with E-state index in [0.29, 0.717) is 5.69 Å². The Hall–Kier alpha value is -1.58. The number of amidine groups is 1. The highest BCUT2D eigenvalue weighted by Gasteiger charge is 2.16. The fourth-order valence-electron chi connectivity index (χ4n) is 2.00. The zero-order chi connectivity index (χ0) is 11.5. The average molecular weight is 218 g/mol. The molecule has 1 saturated heterocycles. The molecular formula is C12H18N4. The van der Waals surface area contributed by atoms with Crippen molar-refractivity contribution in [1.82, 2.24) is 4.98 Å². The summed E-state index contributed by atoms with van der Waals surface area (Å²) in [6, 6.07) is 3.81. The number of hydrogen-bond acceptors (Lipinski definition) is 3. The second-order valence-corrected chi connectivity index (χ2v) is 4.48. The topological polar surface area (TPSA) is 66.0 Å². The van der Waals surface area contributed by atoms with E-state index in [1.807, 2.05) is 18.3 Å². The van der Waals surface area contributed by atoms with Gasteiger partial charge in [-0.2, -0.15) is 0 Å². The van der Waals surface area contributed by atoms with Gasteiger partial charge in [-0.1, -0.05) is 6.92 Å². The summed E-state index contributed by atoms with van der Waals surface area (Å²) in [6.07, 6.45) is 4.30. The molecule has 0 unspecified atom stereocenters. The van der Waals surface area contributed by atoms with E-state index in [2.05, 4.69) is 16.8 Å². The van der Waals surface area contributed by atoms with Crippen LogP contribution in [0, 0.1) is 11.3 Å². The fourth-order valence-corrected chi connectivity index (χ4v) is 2.00. The molecule has 1 aliphatic rings. The van der Waals surface area contributed by atoms with E-state index in [0.717, 1.165) is 24.7 Å². The normalized spacial score (nSPS) is 17.4. The molecule has 1 aliphatic heterocycles. The highest BCUT2D eigenvalue weighted by atomic mass is 15.1. The van der Waals surface area contributed by atoms with Crippen LogP contribution in [0.15, 0.2) is 18.3 Å². The lowest BCUT2D eigenvalue weighted by molar-refractivity contribution is 0.438. The van der Waals surface area contributed by atoms with Gasteiger partial charge >= 0.3 is 0 Å². The van der Waals surface area contributed by atoms with Crippen LogP contribution in [0.4, 0.5) is 5.69 Å². The van der Waals surface area contributed by atoms with Gasteiger partial charge in [-0.15, -0.1) is 0 Å². The van der Waals surface area contributed by atoms with Crippen molar-refractivity contribution >= 4 is 11.5 Å². The smallest absolute Gasteiger partial charge is 0.141 e. The first-order valence-electron chi connectivity index (χ1n) is 5.72. The molecule has 16 heavy (non-hydrogen) atoms. The Balaban J connectivity index is 2.07. The Bertz CT molecular complexity index is 363. The van der Waals surface area contributed by atoms with Gasteiger partial charge < -0.3 is 10.6 Å². The lowest BCUT2D eigenvalue weighted by atomic mass is 9.99. The van der Waals surface area contributed by atoms with Crippen molar-refractivity contribution in [3.63, 3.8) is 0 Å². The predicted octanol–water partition coefficient (Wildman–Crippen LogP) is 1.60. The maximum absolute atomic E-state index is 7.28. The molecule has 0 aliphatic carbocycles. The number of aromatic nitrogens is 1. The minimum Gasteiger partial charge on any atom is -0.382 e. The molecule has 0 saturated carbocycles. The van der Waals surface area contributed by atoms with Gasteiger partial charge in [-0.05, 0) is 30.9 Å². The van der Waals surface area contributed by atoms with Gasteiger partial charge in [0.1, 0.15) is 11.5 Å². The van der Waals surface area contributed by atoms with Crippen molar-refractivity contribution in [2.24, 2.45) is 11.7 Å². The van der Waals surface area contributed by atoms with Crippen LogP contribution >= 0.6 is 0 Å². The van der Waals surface area contributed by atoms with Gasteiger partial charge in [0.05, 0.1) is 11.9 Å². The number of nitrogens with two attached hydrogens (primary N) is 1. The molecule has 2 heterocycles. The maximum atomic E-state index is 7.28. The maximum Gasteiger partial charge on any atom is 0.141 e. The Labute approximate surface area is 96.0 Å². The number of rotatable bonds is 2. The summed E-state index contributed by atoms with van der Waals surface area (Å²) in [5.74, 6) is 0.861. The second kappa shape index (κ2) is 4.51. The lowest BCUT2D eigenvalue weighted by Gasteiger charge is -2.31. The van der Waals surface area contributed by atoms with E-state index in [1.165, 1.54) is 12.8 Å². The van der Waals surface area contributed by atoms with E-state index in [4.69, 9.17) is 11.1 Å². The third-order valence-electron chi connectivity index (χ3n) is 3.17. The Kier molecular flexibility index (Phi) is 3.08. The molecule has 0 amide bonds. The SMILES string of the molecule is CC1CCN(c2ccc(C(=N)N)nc2)CC1. The number of pyridine rings is 1. The summed E-state index contributed by atoms with van der Waals surface area (Å²) in [5, 5.41) is 7.28. The predicted molar refractivity (Wildman–Crippen MR) is 65.9 cm³/mol. The first-order chi connectivity index (χ1) is 7.66. The average Bonchev–Trinajstić information content (AvgIpc) is 2.30. The minimum absolute atomic E-state index is 0.0267. The molecule has 2 rings (SSSR count). The summed E-state index contributed by atoms with van der Waals surface area (Å²) in [5.41, 5.74) is 7.05. The second-order valence-electron chi connectivity index (χ2n) is 4.48. The van der Waals surface area contributed by atoms with Crippen molar-refractivity contribution < 1.29 is 0 Å². The van der Waals surface area contributed by atoms with Crippen LogP contribution in [0.5, 0.6) is 0 Å². The van der Waals surface area contributed by atoms with E-state index in [-0.39, 0.29) is 5.84 Å². The number of piperidine rings is 1. The summed E-state index contributed by atoms with van der Waals surface area (Å²) in [7, 11) is 0. The van der Waals surface area contributed by atoms with Crippen LogP contribution in [0.2, 0.25) is 0 Å². The van der Waals surface area contributed by atoms with Crippen molar-refractivity contribution in [3.8, 4) is 0 Å². The Morgan fingerprint density at radius 3 is 2.62 bits per heavy atom. The van der Waals surface area contributed by atoms with E-state index in [9.17, 15) is 0 Å². The van der Waals surface area contributed by atoms with Crippen LogP contribution in [0.1, 0.15) is 25.5 Å². The monoisotopic (exact) mass is 218 g/mol. The molecule has 0 aromatic carbocycles. The summed E-state index contributed by atoms with van der Waals surface area (Å²) in [4.78, 5) is 6.53. The van der Waals surface area contributed by atoms with Crippen LogP contribution < -0.4 is 10.6 Å².